The van der Waals surface area contributed by atoms with E-state index >= 15 is 0 Å². The third-order valence-corrected chi connectivity index (χ3v) is 2.66. The second-order valence-corrected chi connectivity index (χ2v) is 3.85. The van der Waals surface area contributed by atoms with Gasteiger partial charge in [-0.1, -0.05) is 19.4 Å². The molecule has 1 heterocycles. The summed E-state index contributed by atoms with van der Waals surface area (Å²) in [4.78, 5) is 15.0. The van der Waals surface area contributed by atoms with Gasteiger partial charge in [-0.2, -0.15) is 0 Å². The summed E-state index contributed by atoms with van der Waals surface area (Å²) in [6, 6.07) is 7.66. The molecule has 0 aliphatic heterocycles. The van der Waals surface area contributed by atoms with E-state index in [0.29, 0.717) is 0 Å². The highest BCUT2D eigenvalue weighted by Crippen LogP contribution is 2.16. The van der Waals surface area contributed by atoms with Crippen molar-refractivity contribution in [2.45, 2.75) is 19.8 Å². The minimum Gasteiger partial charge on any atom is -0.361 e. The first-order valence-electron chi connectivity index (χ1n) is 5.67. The third-order valence-electron chi connectivity index (χ3n) is 2.66. The number of rotatable bonds is 4. The van der Waals surface area contributed by atoms with Crippen molar-refractivity contribution in [1.29, 1.82) is 0 Å². The zero-order valence-electron chi connectivity index (χ0n) is 9.42. The summed E-state index contributed by atoms with van der Waals surface area (Å²) in [6.45, 7) is 2.86. The van der Waals surface area contributed by atoms with Crippen LogP contribution in [0, 0.1) is 0 Å². The number of fused-ring (bicyclic) bond motifs is 1. The van der Waals surface area contributed by atoms with Gasteiger partial charge in [0.25, 0.3) is 5.91 Å². The number of nitrogens with one attached hydrogen (secondary N) is 2. The maximum atomic E-state index is 11.9. The Labute approximate surface area is 94.9 Å². The van der Waals surface area contributed by atoms with Gasteiger partial charge in [0.1, 0.15) is 0 Å². The second-order valence-electron chi connectivity index (χ2n) is 3.85. The SMILES string of the molecule is CCCCNC(=O)c1cccc2[nH]ccc12. The van der Waals surface area contributed by atoms with Gasteiger partial charge in [0.15, 0.2) is 0 Å². The zero-order chi connectivity index (χ0) is 11.4. The van der Waals surface area contributed by atoms with E-state index in [2.05, 4.69) is 17.2 Å². The molecule has 2 N–H and O–H groups in total. The van der Waals surface area contributed by atoms with Gasteiger partial charge < -0.3 is 10.3 Å². The van der Waals surface area contributed by atoms with Crippen LogP contribution >= 0.6 is 0 Å². The van der Waals surface area contributed by atoms with E-state index in [9.17, 15) is 4.79 Å². The van der Waals surface area contributed by atoms with Crippen LogP contribution in [0.2, 0.25) is 0 Å². The maximum absolute atomic E-state index is 11.9. The Kier molecular flexibility index (Phi) is 3.25. The number of aromatic nitrogens is 1. The smallest absolute Gasteiger partial charge is 0.251 e. The summed E-state index contributed by atoms with van der Waals surface area (Å²) in [5.41, 5.74) is 1.75. The molecule has 3 nitrogen and oxygen atoms in total. The summed E-state index contributed by atoms with van der Waals surface area (Å²) in [5, 5.41) is 3.91. The van der Waals surface area contributed by atoms with Crippen LogP contribution in [0.3, 0.4) is 0 Å². The Balaban J connectivity index is 2.19. The molecule has 2 aromatic rings. The number of hydrogen-bond acceptors (Lipinski definition) is 1. The number of unbranched alkanes of at least 4 members (excludes halogenated alkanes) is 1. The number of amides is 1. The second kappa shape index (κ2) is 4.84. The predicted molar refractivity (Wildman–Crippen MR) is 65.5 cm³/mol. The van der Waals surface area contributed by atoms with Crippen molar-refractivity contribution in [2.75, 3.05) is 6.54 Å². The van der Waals surface area contributed by atoms with Gasteiger partial charge in [-0.15, -0.1) is 0 Å². The average molecular weight is 216 g/mol. The molecule has 0 atom stereocenters. The van der Waals surface area contributed by atoms with E-state index < -0.39 is 0 Å². The van der Waals surface area contributed by atoms with Crippen molar-refractivity contribution < 1.29 is 4.79 Å². The summed E-state index contributed by atoms with van der Waals surface area (Å²) in [7, 11) is 0. The lowest BCUT2D eigenvalue weighted by atomic mass is 10.1. The van der Waals surface area contributed by atoms with Gasteiger partial charge in [0, 0.05) is 29.2 Å². The van der Waals surface area contributed by atoms with Crippen LogP contribution in [0.5, 0.6) is 0 Å². The first-order chi connectivity index (χ1) is 7.83. The molecule has 84 valence electrons. The number of benzene rings is 1. The fraction of sp³-hybridized carbons (Fsp3) is 0.308. The molecule has 0 radical (unpaired) electrons. The van der Waals surface area contributed by atoms with Gasteiger partial charge in [0.05, 0.1) is 0 Å². The molecular formula is C13H16N2O. The van der Waals surface area contributed by atoms with Crippen LogP contribution in [0.15, 0.2) is 30.5 Å². The van der Waals surface area contributed by atoms with Crippen LogP contribution in [0.1, 0.15) is 30.1 Å². The van der Waals surface area contributed by atoms with E-state index in [1.165, 1.54) is 0 Å². The zero-order valence-corrected chi connectivity index (χ0v) is 9.42. The van der Waals surface area contributed by atoms with Crippen LogP contribution in [0.25, 0.3) is 10.9 Å². The molecular weight excluding hydrogens is 200 g/mol. The molecule has 0 aliphatic carbocycles. The topological polar surface area (TPSA) is 44.9 Å². The standard InChI is InChI=1S/C13H16N2O/c1-2-3-8-15-13(16)11-5-4-6-12-10(11)7-9-14-12/h4-7,9,14H,2-3,8H2,1H3,(H,15,16). The van der Waals surface area contributed by atoms with Crippen molar-refractivity contribution in [2.24, 2.45) is 0 Å². The molecule has 1 aromatic heterocycles. The number of carbonyl (C=O) groups is 1. The van der Waals surface area contributed by atoms with E-state index in [4.69, 9.17) is 0 Å². The maximum Gasteiger partial charge on any atom is 0.251 e. The molecule has 16 heavy (non-hydrogen) atoms. The Bertz CT molecular complexity index is 487. The third kappa shape index (κ3) is 2.08. The Morgan fingerprint density at radius 2 is 2.25 bits per heavy atom. The lowest BCUT2D eigenvalue weighted by molar-refractivity contribution is 0.0955. The molecule has 0 unspecified atom stereocenters. The summed E-state index contributed by atoms with van der Waals surface area (Å²) in [5.74, 6) is 0.0126. The van der Waals surface area contributed by atoms with E-state index in [-0.39, 0.29) is 5.91 Å². The number of aromatic amines is 1. The molecule has 1 amide bonds. The Hall–Kier alpha value is -1.77. The minimum atomic E-state index is 0.0126. The van der Waals surface area contributed by atoms with Gasteiger partial charge >= 0.3 is 0 Å². The molecule has 0 spiro atoms. The molecule has 0 bridgehead atoms. The van der Waals surface area contributed by atoms with Gasteiger partial charge in [-0.05, 0) is 24.6 Å². The lowest BCUT2D eigenvalue weighted by Gasteiger charge is -2.05. The van der Waals surface area contributed by atoms with Gasteiger partial charge in [-0.25, -0.2) is 0 Å². The van der Waals surface area contributed by atoms with Gasteiger partial charge in [-0.3, -0.25) is 4.79 Å². The minimum absolute atomic E-state index is 0.0126. The average Bonchev–Trinajstić information content (AvgIpc) is 2.76. The molecule has 0 fully saturated rings. The predicted octanol–water partition coefficient (Wildman–Crippen LogP) is 2.70. The number of hydrogen-bond donors (Lipinski definition) is 2. The summed E-state index contributed by atoms with van der Waals surface area (Å²) >= 11 is 0. The molecule has 3 heteroatoms. The van der Waals surface area contributed by atoms with Crippen LogP contribution in [-0.4, -0.2) is 17.4 Å². The molecule has 0 aliphatic rings. The Morgan fingerprint density at radius 3 is 3.06 bits per heavy atom. The quantitative estimate of drug-likeness (QED) is 0.758. The monoisotopic (exact) mass is 216 g/mol. The normalized spacial score (nSPS) is 10.6. The fourth-order valence-corrected chi connectivity index (χ4v) is 1.76. The van der Waals surface area contributed by atoms with Crippen LogP contribution < -0.4 is 5.32 Å². The van der Waals surface area contributed by atoms with Crippen molar-refractivity contribution in [3.8, 4) is 0 Å². The van der Waals surface area contributed by atoms with Crippen molar-refractivity contribution in [1.82, 2.24) is 10.3 Å². The molecule has 1 aromatic carbocycles. The first-order valence-corrected chi connectivity index (χ1v) is 5.67. The highest BCUT2D eigenvalue weighted by molar-refractivity contribution is 6.06. The van der Waals surface area contributed by atoms with E-state index in [1.54, 1.807) is 0 Å². The first kappa shape index (κ1) is 10.7. The highest BCUT2D eigenvalue weighted by atomic mass is 16.1. The van der Waals surface area contributed by atoms with Crippen LogP contribution in [-0.2, 0) is 0 Å². The van der Waals surface area contributed by atoms with Gasteiger partial charge in [0.2, 0.25) is 0 Å². The summed E-state index contributed by atoms with van der Waals surface area (Å²) < 4.78 is 0. The molecule has 0 saturated carbocycles. The fourth-order valence-electron chi connectivity index (χ4n) is 1.76. The van der Waals surface area contributed by atoms with Crippen molar-refractivity contribution in [3.63, 3.8) is 0 Å². The highest BCUT2D eigenvalue weighted by Gasteiger charge is 2.08. The summed E-state index contributed by atoms with van der Waals surface area (Å²) in [6.07, 6.45) is 3.97. The molecule has 0 saturated heterocycles. The van der Waals surface area contributed by atoms with Crippen molar-refractivity contribution >= 4 is 16.8 Å². The van der Waals surface area contributed by atoms with E-state index in [0.717, 1.165) is 35.9 Å². The largest absolute Gasteiger partial charge is 0.361 e. The van der Waals surface area contributed by atoms with E-state index in [1.807, 2.05) is 30.5 Å². The van der Waals surface area contributed by atoms with Crippen molar-refractivity contribution in [3.05, 3.63) is 36.0 Å². The number of H-pyrrole nitrogens is 1. The lowest BCUT2D eigenvalue weighted by Crippen LogP contribution is -2.24. The Morgan fingerprint density at radius 1 is 1.38 bits per heavy atom. The molecule has 2 rings (SSSR count). The number of carbonyl (C=O) groups excluding carboxylic acids is 1. The van der Waals surface area contributed by atoms with Crippen LogP contribution in [0.4, 0.5) is 0 Å².